The van der Waals surface area contributed by atoms with Crippen molar-refractivity contribution in [1.29, 1.82) is 0 Å². The molecule has 0 amide bonds. The Morgan fingerprint density at radius 1 is 1.50 bits per heavy atom. The minimum Gasteiger partial charge on any atom is -0.480 e. The van der Waals surface area contributed by atoms with Gasteiger partial charge in [-0.1, -0.05) is 17.7 Å². The molecule has 1 saturated carbocycles. The van der Waals surface area contributed by atoms with Crippen molar-refractivity contribution < 1.29 is 14.3 Å². The van der Waals surface area contributed by atoms with E-state index in [0.29, 0.717) is 16.8 Å². The summed E-state index contributed by atoms with van der Waals surface area (Å²) in [5.74, 6) is 0.0720. The lowest BCUT2D eigenvalue weighted by atomic mass is 10.2. The van der Waals surface area contributed by atoms with Gasteiger partial charge in [0.2, 0.25) is 0 Å². The molecule has 0 heterocycles. The number of halogens is 1. The first-order valence-electron chi connectivity index (χ1n) is 5.90. The molecular formula is C13H16ClNO3. The van der Waals surface area contributed by atoms with Gasteiger partial charge in [0.15, 0.2) is 6.61 Å². The molecule has 1 fully saturated rings. The normalized spacial score (nSPS) is 14.3. The van der Waals surface area contributed by atoms with Crippen LogP contribution in [0.2, 0.25) is 5.02 Å². The molecule has 1 aliphatic rings. The van der Waals surface area contributed by atoms with Crippen molar-refractivity contribution in [2.75, 3.05) is 13.7 Å². The standard InChI is InChI=1S/C13H16ClNO3/c1-17-13(16)8-18-12-5-2-9(6-11(12)14)7-15-10-3-4-10/h2,5-6,10,15H,3-4,7-8H2,1H3. The molecule has 1 N–H and O–H groups in total. The molecule has 0 radical (unpaired) electrons. The SMILES string of the molecule is COC(=O)COc1ccc(CNC2CC2)cc1Cl. The topological polar surface area (TPSA) is 47.6 Å². The summed E-state index contributed by atoms with van der Waals surface area (Å²) < 4.78 is 9.75. The zero-order valence-electron chi connectivity index (χ0n) is 10.2. The maximum atomic E-state index is 10.9. The van der Waals surface area contributed by atoms with Gasteiger partial charge in [0.25, 0.3) is 0 Å². The molecule has 0 unspecified atom stereocenters. The highest BCUT2D eigenvalue weighted by molar-refractivity contribution is 6.32. The highest BCUT2D eigenvalue weighted by Gasteiger charge is 2.20. The molecule has 2 rings (SSSR count). The van der Waals surface area contributed by atoms with Crippen molar-refractivity contribution in [1.82, 2.24) is 5.32 Å². The number of hydrogen-bond acceptors (Lipinski definition) is 4. The number of rotatable bonds is 6. The molecule has 18 heavy (non-hydrogen) atoms. The summed E-state index contributed by atoms with van der Waals surface area (Å²) in [6, 6.07) is 6.23. The van der Waals surface area contributed by atoms with Gasteiger partial charge in [-0.3, -0.25) is 0 Å². The van der Waals surface area contributed by atoms with E-state index in [0.717, 1.165) is 12.1 Å². The Bertz CT molecular complexity index is 432. The molecule has 0 spiro atoms. The van der Waals surface area contributed by atoms with Crippen molar-refractivity contribution in [2.45, 2.75) is 25.4 Å². The van der Waals surface area contributed by atoms with Gasteiger partial charge >= 0.3 is 5.97 Å². The number of hydrogen-bond donors (Lipinski definition) is 1. The van der Waals surface area contributed by atoms with Crippen molar-refractivity contribution in [3.63, 3.8) is 0 Å². The monoisotopic (exact) mass is 269 g/mol. The summed E-state index contributed by atoms with van der Waals surface area (Å²) in [7, 11) is 1.32. The Morgan fingerprint density at radius 3 is 2.89 bits per heavy atom. The fourth-order valence-corrected chi connectivity index (χ4v) is 1.77. The van der Waals surface area contributed by atoms with Crippen LogP contribution in [0.3, 0.4) is 0 Å². The third-order valence-electron chi connectivity index (χ3n) is 2.74. The molecular weight excluding hydrogens is 254 g/mol. The highest BCUT2D eigenvalue weighted by Crippen LogP contribution is 2.26. The van der Waals surface area contributed by atoms with E-state index in [-0.39, 0.29) is 6.61 Å². The van der Waals surface area contributed by atoms with Crippen LogP contribution in [-0.4, -0.2) is 25.7 Å². The van der Waals surface area contributed by atoms with E-state index in [1.807, 2.05) is 12.1 Å². The Labute approximate surface area is 111 Å². The van der Waals surface area contributed by atoms with Gasteiger partial charge in [-0.15, -0.1) is 0 Å². The Kier molecular flexibility index (Phi) is 4.44. The van der Waals surface area contributed by atoms with Crippen LogP contribution in [0.1, 0.15) is 18.4 Å². The van der Waals surface area contributed by atoms with Crippen LogP contribution < -0.4 is 10.1 Å². The van der Waals surface area contributed by atoms with Gasteiger partial charge in [0.1, 0.15) is 5.75 Å². The number of carbonyl (C=O) groups excluding carboxylic acids is 1. The van der Waals surface area contributed by atoms with E-state index in [9.17, 15) is 4.79 Å². The predicted molar refractivity (Wildman–Crippen MR) is 68.8 cm³/mol. The number of esters is 1. The van der Waals surface area contributed by atoms with Gasteiger partial charge < -0.3 is 14.8 Å². The van der Waals surface area contributed by atoms with E-state index >= 15 is 0 Å². The number of ether oxygens (including phenoxy) is 2. The van der Waals surface area contributed by atoms with Crippen LogP contribution in [0.5, 0.6) is 5.75 Å². The average Bonchev–Trinajstić information content (AvgIpc) is 3.18. The van der Waals surface area contributed by atoms with Crippen LogP contribution >= 0.6 is 11.6 Å². The fraction of sp³-hybridized carbons (Fsp3) is 0.462. The minimum absolute atomic E-state index is 0.129. The largest absolute Gasteiger partial charge is 0.480 e. The second-order valence-electron chi connectivity index (χ2n) is 4.28. The molecule has 5 heteroatoms. The van der Waals surface area contributed by atoms with Crippen LogP contribution in [0.4, 0.5) is 0 Å². The summed E-state index contributed by atoms with van der Waals surface area (Å²) in [5.41, 5.74) is 1.11. The summed E-state index contributed by atoms with van der Waals surface area (Å²) >= 11 is 6.08. The molecule has 0 bridgehead atoms. The molecule has 98 valence electrons. The number of methoxy groups -OCH3 is 1. The lowest BCUT2D eigenvalue weighted by Crippen LogP contribution is -2.15. The van der Waals surface area contributed by atoms with E-state index in [1.54, 1.807) is 6.07 Å². The summed E-state index contributed by atoms with van der Waals surface area (Å²) in [6.07, 6.45) is 2.52. The lowest BCUT2D eigenvalue weighted by molar-refractivity contribution is -0.142. The highest BCUT2D eigenvalue weighted by atomic mass is 35.5. The maximum Gasteiger partial charge on any atom is 0.343 e. The molecule has 0 atom stereocenters. The molecule has 1 aromatic rings. The molecule has 0 saturated heterocycles. The fourth-order valence-electron chi connectivity index (χ4n) is 1.52. The zero-order chi connectivity index (χ0) is 13.0. The predicted octanol–water partition coefficient (Wildman–Crippen LogP) is 2.14. The van der Waals surface area contributed by atoms with E-state index in [2.05, 4.69) is 10.1 Å². The van der Waals surface area contributed by atoms with Gasteiger partial charge in [-0.2, -0.15) is 0 Å². The van der Waals surface area contributed by atoms with Gasteiger partial charge in [0.05, 0.1) is 12.1 Å². The third kappa shape index (κ3) is 3.89. The van der Waals surface area contributed by atoms with E-state index < -0.39 is 5.97 Å². The first kappa shape index (κ1) is 13.2. The Morgan fingerprint density at radius 2 is 2.28 bits per heavy atom. The van der Waals surface area contributed by atoms with Crippen LogP contribution in [0, 0.1) is 0 Å². The quantitative estimate of drug-likeness (QED) is 0.804. The minimum atomic E-state index is -0.425. The Hall–Kier alpha value is -1.26. The second-order valence-corrected chi connectivity index (χ2v) is 4.69. The molecule has 4 nitrogen and oxygen atoms in total. The van der Waals surface area contributed by atoms with E-state index in [1.165, 1.54) is 20.0 Å². The average molecular weight is 270 g/mol. The first-order valence-corrected chi connectivity index (χ1v) is 6.28. The van der Waals surface area contributed by atoms with Gasteiger partial charge in [-0.05, 0) is 30.5 Å². The zero-order valence-corrected chi connectivity index (χ0v) is 11.0. The van der Waals surface area contributed by atoms with Crippen LogP contribution in [0.25, 0.3) is 0 Å². The van der Waals surface area contributed by atoms with Crippen LogP contribution in [-0.2, 0) is 16.1 Å². The van der Waals surface area contributed by atoms with Crippen molar-refractivity contribution >= 4 is 17.6 Å². The number of benzene rings is 1. The van der Waals surface area contributed by atoms with E-state index in [4.69, 9.17) is 16.3 Å². The van der Waals surface area contributed by atoms with Gasteiger partial charge in [-0.25, -0.2) is 4.79 Å². The number of nitrogens with one attached hydrogen (secondary N) is 1. The van der Waals surface area contributed by atoms with Crippen molar-refractivity contribution in [2.24, 2.45) is 0 Å². The summed E-state index contributed by atoms with van der Waals surface area (Å²) in [4.78, 5) is 10.9. The lowest BCUT2D eigenvalue weighted by Gasteiger charge is -2.09. The summed E-state index contributed by atoms with van der Waals surface area (Å²) in [5, 5.41) is 3.91. The first-order chi connectivity index (χ1) is 8.69. The third-order valence-corrected chi connectivity index (χ3v) is 3.04. The smallest absolute Gasteiger partial charge is 0.343 e. The molecule has 1 aliphatic carbocycles. The summed E-state index contributed by atoms with van der Waals surface area (Å²) in [6.45, 7) is 0.678. The molecule has 1 aromatic carbocycles. The second kappa shape index (κ2) is 6.07. The Balaban J connectivity index is 1.89. The number of carbonyl (C=O) groups is 1. The van der Waals surface area contributed by atoms with Crippen LogP contribution in [0.15, 0.2) is 18.2 Å². The molecule has 0 aliphatic heterocycles. The van der Waals surface area contributed by atoms with Crippen molar-refractivity contribution in [3.05, 3.63) is 28.8 Å². The maximum absolute atomic E-state index is 10.9. The van der Waals surface area contributed by atoms with Gasteiger partial charge in [0, 0.05) is 12.6 Å². The van der Waals surface area contributed by atoms with Crippen molar-refractivity contribution in [3.8, 4) is 5.75 Å². The molecule has 0 aromatic heterocycles.